The van der Waals surface area contributed by atoms with Crippen molar-refractivity contribution in [2.24, 2.45) is 0 Å². The van der Waals surface area contributed by atoms with Gasteiger partial charge in [-0.3, -0.25) is 0 Å². The number of ether oxygens (including phenoxy) is 1. The second-order valence-electron chi connectivity index (χ2n) is 9.49. The summed E-state index contributed by atoms with van der Waals surface area (Å²) < 4.78 is 6.89. The molecule has 3 N–H and O–H groups in total. The molecule has 2 unspecified atom stereocenters. The number of quaternary nitrogens is 1. The molecule has 160 valence electrons. The molecule has 2 aliphatic rings. The first-order valence-corrected chi connectivity index (χ1v) is 14.5. The molecule has 2 aliphatic heterocycles. The fraction of sp³-hybridized carbons (Fsp3) is 0.500. The van der Waals surface area contributed by atoms with Crippen molar-refractivity contribution in [1.82, 2.24) is 24.8 Å². The van der Waals surface area contributed by atoms with E-state index in [0.717, 1.165) is 54.9 Å². The number of hydrogen-bond acceptors (Lipinski definition) is 6. The molecule has 4 heterocycles. The van der Waals surface area contributed by atoms with Gasteiger partial charge < -0.3 is 15.8 Å². The quantitative estimate of drug-likeness (QED) is 0.401. The number of aromatic nitrogens is 3. The van der Waals surface area contributed by atoms with Crippen molar-refractivity contribution < 1.29 is 4.74 Å². The number of nitrogens with two attached hydrogens (primary N) is 1. The summed E-state index contributed by atoms with van der Waals surface area (Å²) in [7, 11) is -1.13. The molecule has 0 radical (unpaired) electrons. The van der Waals surface area contributed by atoms with Crippen LogP contribution in [0.1, 0.15) is 18.5 Å². The van der Waals surface area contributed by atoms with E-state index in [1.165, 1.54) is 6.42 Å². The van der Waals surface area contributed by atoms with E-state index in [-0.39, 0.29) is 0 Å². The Morgan fingerprint density at radius 1 is 1.30 bits per heavy atom. The van der Waals surface area contributed by atoms with E-state index < -0.39 is 8.07 Å². The Kier molecular flexibility index (Phi) is 6.01. The van der Waals surface area contributed by atoms with Gasteiger partial charge in [0.05, 0.1) is 18.5 Å². The molecule has 2 aromatic rings. The predicted molar refractivity (Wildman–Crippen MR) is 125 cm³/mol. The standard InChI is InChI=1S/C22H33N6OSi/c1-30(2,3)13-12-29-16-28(17-6-4-9-24-14-17)11-8-19-22(28)26-15-20(27-19)18-7-5-10-25-21(18)23/h5,7-8,10-11,15,17,24H,4,6,9,12-14,16H2,1-3H3,(H2,23,25)/q+1. The first-order chi connectivity index (χ1) is 14.4. The van der Waals surface area contributed by atoms with Gasteiger partial charge in [-0.15, -0.1) is 0 Å². The van der Waals surface area contributed by atoms with E-state index in [4.69, 9.17) is 20.4 Å². The Morgan fingerprint density at radius 2 is 2.17 bits per heavy atom. The number of nitrogens with one attached hydrogen (secondary N) is 1. The van der Waals surface area contributed by atoms with Crippen LogP contribution in [0, 0.1) is 0 Å². The lowest BCUT2D eigenvalue weighted by Crippen LogP contribution is -2.59. The second-order valence-corrected chi connectivity index (χ2v) is 15.1. The average Bonchev–Trinajstić information content (AvgIpc) is 3.11. The molecule has 8 heteroatoms. The molecule has 0 aromatic carbocycles. The lowest BCUT2D eigenvalue weighted by Gasteiger charge is -2.40. The third-order valence-corrected chi connectivity index (χ3v) is 7.71. The number of pyridine rings is 1. The highest BCUT2D eigenvalue weighted by molar-refractivity contribution is 6.76. The SMILES string of the molecule is C[Si](C)(C)CCOC[N+]1(C2CCCNC2)C=Cc2nc(-c3cccnc3N)cnc21. The van der Waals surface area contributed by atoms with E-state index >= 15 is 0 Å². The van der Waals surface area contributed by atoms with Crippen LogP contribution in [-0.2, 0) is 4.74 Å². The highest BCUT2D eigenvalue weighted by Crippen LogP contribution is 2.38. The minimum atomic E-state index is -1.13. The van der Waals surface area contributed by atoms with Crippen molar-refractivity contribution in [1.29, 1.82) is 0 Å². The predicted octanol–water partition coefficient (Wildman–Crippen LogP) is 3.48. The number of piperidine rings is 1. The summed E-state index contributed by atoms with van der Waals surface area (Å²) in [6, 6.07) is 5.37. The van der Waals surface area contributed by atoms with Gasteiger partial charge in [0.2, 0.25) is 0 Å². The van der Waals surface area contributed by atoms with Gasteiger partial charge in [0, 0.05) is 38.9 Å². The largest absolute Gasteiger partial charge is 0.383 e. The first kappa shape index (κ1) is 21.1. The monoisotopic (exact) mass is 425 g/mol. The number of anilines is 1. The lowest BCUT2D eigenvalue weighted by molar-refractivity contribution is 0.0375. The Morgan fingerprint density at radius 3 is 2.90 bits per heavy atom. The molecule has 7 nitrogen and oxygen atoms in total. The molecule has 0 bridgehead atoms. The van der Waals surface area contributed by atoms with Crippen LogP contribution in [0.2, 0.25) is 25.7 Å². The third-order valence-electron chi connectivity index (χ3n) is 6.01. The Balaban J connectivity index is 1.62. The van der Waals surface area contributed by atoms with Crippen LogP contribution in [0.5, 0.6) is 0 Å². The molecular formula is C22H33N6OSi+. The van der Waals surface area contributed by atoms with Crippen LogP contribution in [0.25, 0.3) is 17.3 Å². The van der Waals surface area contributed by atoms with Crippen LogP contribution in [0.4, 0.5) is 11.6 Å². The van der Waals surface area contributed by atoms with Crippen LogP contribution in [0.15, 0.2) is 30.7 Å². The molecule has 0 amide bonds. The minimum absolute atomic E-state index is 0.395. The normalized spacial score (nSPS) is 23.5. The highest BCUT2D eigenvalue weighted by atomic mass is 28.3. The van der Waals surface area contributed by atoms with Crippen molar-refractivity contribution in [3.63, 3.8) is 0 Å². The maximum absolute atomic E-state index is 6.27. The number of fused-ring (bicyclic) bond motifs is 1. The summed E-state index contributed by atoms with van der Waals surface area (Å²) >= 11 is 0. The van der Waals surface area contributed by atoms with Gasteiger partial charge in [-0.25, -0.2) is 19.4 Å². The zero-order chi connectivity index (χ0) is 21.2. The molecule has 1 saturated heterocycles. The fourth-order valence-corrected chi connectivity index (χ4v) is 4.95. The van der Waals surface area contributed by atoms with Gasteiger partial charge in [-0.05, 0) is 31.1 Å². The van der Waals surface area contributed by atoms with Crippen LogP contribution in [0.3, 0.4) is 0 Å². The smallest absolute Gasteiger partial charge is 0.260 e. The number of nitrogens with zero attached hydrogens (tertiary/aromatic N) is 4. The van der Waals surface area contributed by atoms with Gasteiger partial charge in [0.1, 0.15) is 18.1 Å². The Bertz CT molecular complexity index is 922. The summed E-state index contributed by atoms with van der Waals surface area (Å²) in [6.45, 7) is 10.6. The van der Waals surface area contributed by atoms with E-state index in [1.54, 1.807) is 6.20 Å². The van der Waals surface area contributed by atoms with E-state index in [9.17, 15) is 0 Å². The van der Waals surface area contributed by atoms with Crippen LogP contribution in [-0.4, -0.2) is 55.5 Å². The van der Waals surface area contributed by atoms with Crippen molar-refractivity contribution in [2.75, 3.05) is 32.2 Å². The Labute approximate surface area is 180 Å². The van der Waals surface area contributed by atoms with Crippen LogP contribution < -0.4 is 15.5 Å². The van der Waals surface area contributed by atoms with Gasteiger partial charge in [-0.1, -0.05) is 19.6 Å². The molecule has 4 rings (SSSR count). The molecule has 0 spiro atoms. The van der Waals surface area contributed by atoms with E-state index in [1.807, 2.05) is 18.3 Å². The van der Waals surface area contributed by atoms with Crippen molar-refractivity contribution in [2.45, 2.75) is 44.6 Å². The highest BCUT2D eigenvalue weighted by Gasteiger charge is 2.45. The summed E-state index contributed by atoms with van der Waals surface area (Å²) in [4.78, 5) is 14.0. The van der Waals surface area contributed by atoms with Gasteiger partial charge in [0.25, 0.3) is 5.82 Å². The number of hydrogen-bond donors (Lipinski definition) is 2. The number of rotatable bonds is 7. The molecule has 0 saturated carbocycles. The first-order valence-electron chi connectivity index (χ1n) is 10.8. The van der Waals surface area contributed by atoms with Crippen LogP contribution >= 0.6 is 0 Å². The summed E-state index contributed by atoms with van der Waals surface area (Å²) in [6.07, 6.45) is 10.1. The number of nitrogen functional groups attached to an aromatic ring is 1. The lowest BCUT2D eigenvalue weighted by atomic mass is 10.0. The molecule has 2 aromatic heterocycles. The molecule has 2 atom stereocenters. The minimum Gasteiger partial charge on any atom is -0.383 e. The maximum atomic E-state index is 6.27. The third kappa shape index (κ3) is 4.32. The molecular weight excluding hydrogens is 392 g/mol. The molecule has 30 heavy (non-hydrogen) atoms. The second kappa shape index (κ2) is 8.54. The fourth-order valence-electron chi connectivity index (χ4n) is 4.19. The zero-order valence-electron chi connectivity index (χ0n) is 18.3. The summed E-state index contributed by atoms with van der Waals surface area (Å²) in [5.74, 6) is 1.45. The maximum Gasteiger partial charge on any atom is 0.260 e. The molecule has 1 fully saturated rings. The topological polar surface area (TPSA) is 86.0 Å². The van der Waals surface area contributed by atoms with Gasteiger partial charge in [0.15, 0.2) is 12.4 Å². The summed E-state index contributed by atoms with van der Waals surface area (Å²) in [5.41, 5.74) is 8.53. The molecule has 0 aliphatic carbocycles. The van der Waals surface area contributed by atoms with Gasteiger partial charge in [-0.2, -0.15) is 0 Å². The average molecular weight is 426 g/mol. The van der Waals surface area contributed by atoms with E-state index in [2.05, 4.69) is 42.2 Å². The van der Waals surface area contributed by atoms with Crippen molar-refractivity contribution in [3.8, 4) is 11.3 Å². The summed E-state index contributed by atoms with van der Waals surface area (Å²) in [5, 5.41) is 3.56. The van der Waals surface area contributed by atoms with E-state index in [0.29, 0.717) is 23.1 Å². The van der Waals surface area contributed by atoms with Gasteiger partial charge >= 0.3 is 0 Å². The van der Waals surface area contributed by atoms with Crippen molar-refractivity contribution in [3.05, 3.63) is 36.4 Å². The van der Waals surface area contributed by atoms with Crippen molar-refractivity contribution >= 4 is 25.8 Å². The Hall–Kier alpha value is -2.13. The zero-order valence-corrected chi connectivity index (χ0v) is 19.3.